The molecule has 18 heavy (non-hydrogen) atoms. The SMILES string of the molecule is CCOC(=O)CNC(=O)N1CCNC(=O)C1(C)C. The topological polar surface area (TPSA) is 87.7 Å². The smallest absolute Gasteiger partial charge is 0.325 e. The molecule has 1 fully saturated rings. The van der Waals surface area contributed by atoms with Crippen molar-refractivity contribution in [3.05, 3.63) is 0 Å². The van der Waals surface area contributed by atoms with Crippen molar-refractivity contribution in [2.45, 2.75) is 26.3 Å². The first kappa shape index (κ1) is 14.3. The number of ether oxygens (including phenoxy) is 1. The van der Waals surface area contributed by atoms with Gasteiger partial charge in [-0.15, -0.1) is 0 Å². The lowest BCUT2D eigenvalue weighted by Gasteiger charge is -2.40. The molecule has 3 amide bonds. The monoisotopic (exact) mass is 257 g/mol. The zero-order chi connectivity index (χ0) is 13.8. The van der Waals surface area contributed by atoms with Gasteiger partial charge in [0, 0.05) is 13.1 Å². The summed E-state index contributed by atoms with van der Waals surface area (Å²) in [6, 6.07) is -0.442. The lowest BCUT2D eigenvalue weighted by molar-refractivity contribution is -0.141. The minimum Gasteiger partial charge on any atom is -0.465 e. The Hall–Kier alpha value is -1.79. The number of hydrogen-bond acceptors (Lipinski definition) is 4. The van der Waals surface area contributed by atoms with Crippen LogP contribution in [-0.2, 0) is 14.3 Å². The molecule has 7 nitrogen and oxygen atoms in total. The van der Waals surface area contributed by atoms with Crippen LogP contribution in [0.25, 0.3) is 0 Å². The van der Waals surface area contributed by atoms with E-state index in [0.29, 0.717) is 13.1 Å². The summed E-state index contributed by atoms with van der Waals surface area (Å²) in [5.41, 5.74) is -0.920. The van der Waals surface area contributed by atoms with E-state index < -0.39 is 17.5 Å². The molecular weight excluding hydrogens is 238 g/mol. The number of nitrogens with zero attached hydrogens (tertiary/aromatic N) is 1. The van der Waals surface area contributed by atoms with E-state index >= 15 is 0 Å². The van der Waals surface area contributed by atoms with Gasteiger partial charge in [-0.05, 0) is 20.8 Å². The van der Waals surface area contributed by atoms with E-state index in [2.05, 4.69) is 10.6 Å². The fraction of sp³-hybridized carbons (Fsp3) is 0.727. The molecular formula is C11H19N3O4. The molecule has 0 aromatic rings. The van der Waals surface area contributed by atoms with Crippen molar-refractivity contribution >= 4 is 17.9 Å². The molecule has 2 N–H and O–H groups in total. The van der Waals surface area contributed by atoms with Gasteiger partial charge in [0.1, 0.15) is 12.1 Å². The molecule has 1 aliphatic rings. The maximum atomic E-state index is 11.9. The second kappa shape index (κ2) is 5.70. The molecule has 1 rings (SSSR count). The van der Waals surface area contributed by atoms with Gasteiger partial charge in [-0.3, -0.25) is 9.59 Å². The number of amides is 3. The van der Waals surface area contributed by atoms with Crippen molar-refractivity contribution in [1.29, 1.82) is 0 Å². The first-order valence-electron chi connectivity index (χ1n) is 5.89. The first-order chi connectivity index (χ1) is 8.39. The molecule has 0 aliphatic carbocycles. The van der Waals surface area contributed by atoms with E-state index in [1.165, 1.54) is 4.90 Å². The maximum Gasteiger partial charge on any atom is 0.325 e. The van der Waals surface area contributed by atoms with Crippen molar-refractivity contribution in [3.63, 3.8) is 0 Å². The molecule has 0 unspecified atom stereocenters. The third-order valence-electron chi connectivity index (χ3n) is 2.79. The number of esters is 1. The van der Waals surface area contributed by atoms with E-state index in [1.54, 1.807) is 20.8 Å². The van der Waals surface area contributed by atoms with Crippen molar-refractivity contribution in [2.24, 2.45) is 0 Å². The van der Waals surface area contributed by atoms with Crippen molar-refractivity contribution in [3.8, 4) is 0 Å². The molecule has 0 aromatic heterocycles. The van der Waals surface area contributed by atoms with E-state index in [9.17, 15) is 14.4 Å². The molecule has 0 bridgehead atoms. The summed E-state index contributed by atoms with van der Waals surface area (Å²) < 4.78 is 4.70. The van der Waals surface area contributed by atoms with Crippen LogP contribution in [0.5, 0.6) is 0 Å². The summed E-state index contributed by atoms with van der Waals surface area (Å²) in [5.74, 6) is -0.704. The van der Waals surface area contributed by atoms with Crippen LogP contribution >= 0.6 is 0 Å². The van der Waals surface area contributed by atoms with E-state index in [4.69, 9.17) is 4.74 Å². The van der Waals surface area contributed by atoms with E-state index in [0.717, 1.165) is 0 Å². The Balaban J connectivity index is 2.55. The summed E-state index contributed by atoms with van der Waals surface area (Å²) >= 11 is 0. The number of piperazine rings is 1. The largest absolute Gasteiger partial charge is 0.465 e. The summed E-state index contributed by atoms with van der Waals surface area (Å²) in [6.07, 6.45) is 0. The predicted octanol–water partition coefficient (Wildman–Crippen LogP) is -0.530. The molecule has 1 aliphatic heterocycles. The average molecular weight is 257 g/mol. The van der Waals surface area contributed by atoms with Gasteiger partial charge in [-0.25, -0.2) is 4.79 Å². The molecule has 7 heteroatoms. The van der Waals surface area contributed by atoms with Crippen LogP contribution in [0.1, 0.15) is 20.8 Å². The minimum atomic E-state index is -0.920. The van der Waals surface area contributed by atoms with Gasteiger partial charge in [-0.1, -0.05) is 0 Å². The minimum absolute atomic E-state index is 0.194. The van der Waals surface area contributed by atoms with Crippen LogP contribution in [0.3, 0.4) is 0 Å². The van der Waals surface area contributed by atoms with Crippen molar-refractivity contribution < 1.29 is 19.1 Å². The number of rotatable bonds is 3. The second-order valence-corrected chi connectivity index (χ2v) is 4.43. The van der Waals surface area contributed by atoms with Crippen LogP contribution in [0.4, 0.5) is 4.79 Å². The third kappa shape index (κ3) is 3.12. The van der Waals surface area contributed by atoms with Crippen LogP contribution < -0.4 is 10.6 Å². The number of urea groups is 1. The zero-order valence-corrected chi connectivity index (χ0v) is 10.9. The molecule has 0 atom stereocenters. The fourth-order valence-electron chi connectivity index (χ4n) is 1.71. The Morgan fingerprint density at radius 2 is 2.17 bits per heavy atom. The third-order valence-corrected chi connectivity index (χ3v) is 2.79. The lowest BCUT2D eigenvalue weighted by Crippen LogP contribution is -2.65. The molecule has 0 aromatic carbocycles. The van der Waals surface area contributed by atoms with Crippen LogP contribution in [0.2, 0.25) is 0 Å². The Kier molecular flexibility index (Phi) is 4.52. The highest BCUT2D eigenvalue weighted by Crippen LogP contribution is 2.17. The van der Waals surface area contributed by atoms with Gasteiger partial charge in [0.05, 0.1) is 6.61 Å². The van der Waals surface area contributed by atoms with Crippen LogP contribution in [0, 0.1) is 0 Å². The summed E-state index contributed by atoms with van der Waals surface area (Å²) in [4.78, 5) is 36.1. The number of nitrogens with one attached hydrogen (secondary N) is 2. The van der Waals surface area contributed by atoms with Gasteiger partial charge in [0.15, 0.2) is 0 Å². The molecule has 102 valence electrons. The number of carbonyl (C=O) groups excluding carboxylic acids is 3. The predicted molar refractivity (Wildman–Crippen MR) is 63.8 cm³/mol. The van der Waals surface area contributed by atoms with E-state index in [-0.39, 0.29) is 19.1 Å². The lowest BCUT2D eigenvalue weighted by atomic mass is 10.00. The quantitative estimate of drug-likeness (QED) is 0.665. The van der Waals surface area contributed by atoms with Gasteiger partial charge in [-0.2, -0.15) is 0 Å². The summed E-state index contributed by atoms with van der Waals surface area (Å²) in [6.45, 7) is 5.91. The first-order valence-corrected chi connectivity index (χ1v) is 5.89. The highest BCUT2D eigenvalue weighted by Gasteiger charge is 2.40. The summed E-state index contributed by atoms with van der Waals surface area (Å²) in [7, 11) is 0. The van der Waals surface area contributed by atoms with Crippen molar-refractivity contribution in [1.82, 2.24) is 15.5 Å². The average Bonchev–Trinajstić information content (AvgIpc) is 2.30. The Morgan fingerprint density at radius 3 is 2.78 bits per heavy atom. The molecule has 0 spiro atoms. The normalized spacial score (nSPS) is 17.9. The fourth-order valence-corrected chi connectivity index (χ4v) is 1.71. The Bertz CT molecular complexity index is 354. The Labute approximate surface area is 106 Å². The van der Waals surface area contributed by atoms with Crippen LogP contribution in [-0.4, -0.2) is 54.6 Å². The van der Waals surface area contributed by atoms with Gasteiger partial charge in [0.25, 0.3) is 0 Å². The summed E-state index contributed by atoms with van der Waals surface area (Å²) in [5, 5.41) is 5.14. The molecule has 1 heterocycles. The molecule has 0 radical (unpaired) electrons. The highest BCUT2D eigenvalue weighted by atomic mass is 16.5. The van der Waals surface area contributed by atoms with Gasteiger partial charge >= 0.3 is 12.0 Å². The van der Waals surface area contributed by atoms with Crippen molar-refractivity contribution in [2.75, 3.05) is 26.2 Å². The van der Waals surface area contributed by atoms with Gasteiger partial charge in [0.2, 0.25) is 5.91 Å². The van der Waals surface area contributed by atoms with Crippen LogP contribution in [0.15, 0.2) is 0 Å². The standard InChI is InChI=1S/C11H19N3O4/c1-4-18-8(15)7-13-10(17)14-6-5-12-9(16)11(14,2)3/h4-7H2,1-3H3,(H,12,16)(H,13,17). The number of hydrogen-bond donors (Lipinski definition) is 2. The molecule has 0 saturated carbocycles. The van der Waals surface area contributed by atoms with Gasteiger partial charge < -0.3 is 20.3 Å². The second-order valence-electron chi connectivity index (χ2n) is 4.43. The number of carbonyl (C=O) groups is 3. The maximum absolute atomic E-state index is 11.9. The Morgan fingerprint density at radius 1 is 1.50 bits per heavy atom. The highest BCUT2D eigenvalue weighted by molar-refractivity contribution is 5.92. The van der Waals surface area contributed by atoms with E-state index in [1.807, 2.05) is 0 Å². The molecule has 1 saturated heterocycles. The zero-order valence-electron chi connectivity index (χ0n) is 10.9.